The maximum absolute atomic E-state index is 13.0. The second-order valence-corrected chi connectivity index (χ2v) is 9.95. The third-order valence-corrected chi connectivity index (χ3v) is 6.97. The van der Waals surface area contributed by atoms with E-state index < -0.39 is 18.1 Å². The molecule has 0 spiro atoms. The quantitative estimate of drug-likeness (QED) is 0.490. The lowest BCUT2D eigenvalue weighted by atomic mass is 9.98. The molecule has 0 aliphatic heterocycles. The first-order valence-corrected chi connectivity index (χ1v) is 12.4. The molecule has 1 unspecified atom stereocenters. The molecule has 1 atom stereocenters. The predicted molar refractivity (Wildman–Crippen MR) is 133 cm³/mol. The molecule has 0 aromatic heterocycles. The first-order valence-electron chi connectivity index (χ1n) is 12.4. The van der Waals surface area contributed by atoms with Gasteiger partial charge in [-0.05, 0) is 46.9 Å². The summed E-state index contributed by atoms with van der Waals surface area (Å²) in [5.74, 6) is -0.606. The Morgan fingerprint density at radius 3 is 2.17 bits per heavy atom. The Balaban J connectivity index is 1.36. The number of benzene rings is 2. The van der Waals surface area contributed by atoms with Crippen LogP contribution in [0.5, 0.6) is 0 Å². The molecule has 0 radical (unpaired) electrons. The minimum atomic E-state index is -0.921. The number of carboxylic acid groups (broad SMARTS) is 1. The smallest absolute Gasteiger partial charge is 0.407 e. The van der Waals surface area contributed by atoms with Crippen LogP contribution in [0.1, 0.15) is 56.6 Å². The van der Waals surface area contributed by atoms with Crippen LogP contribution in [-0.2, 0) is 14.3 Å². The fourth-order valence-corrected chi connectivity index (χ4v) is 4.72. The summed E-state index contributed by atoms with van der Waals surface area (Å²) in [7, 11) is 0. The van der Waals surface area contributed by atoms with E-state index in [9.17, 15) is 14.4 Å². The van der Waals surface area contributed by atoms with Gasteiger partial charge >= 0.3 is 12.1 Å². The number of aliphatic carboxylic acids is 1. The van der Waals surface area contributed by atoms with Crippen molar-refractivity contribution in [3.8, 4) is 11.1 Å². The number of carboxylic acids is 1. The Hall–Kier alpha value is -3.35. The molecule has 2 aliphatic rings. The number of rotatable bonds is 11. The lowest BCUT2D eigenvalue weighted by Gasteiger charge is -2.27. The molecular formula is C28H34N2O5. The second kappa shape index (κ2) is 10.9. The van der Waals surface area contributed by atoms with Gasteiger partial charge in [0.05, 0.1) is 6.42 Å². The van der Waals surface area contributed by atoms with Crippen LogP contribution in [-0.4, -0.2) is 53.7 Å². The van der Waals surface area contributed by atoms with E-state index in [4.69, 9.17) is 9.84 Å². The van der Waals surface area contributed by atoms with Gasteiger partial charge in [-0.15, -0.1) is 0 Å². The molecule has 4 rings (SSSR count). The van der Waals surface area contributed by atoms with Crippen LogP contribution in [0.2, 0.25) is 0 Å². The van der Waals surface area contributed by atoms with Crippen molar-refractivity contribution in [2.75, 3.05) is 19.7 Å². The predicted octanol–water partition coefficient (Wildman–Crippen LogP) is 4.65. The highest BCUT2D eigenvalue weighted by Crippen LogP contribution is 2.44. The number of nitrogens with one attached hydrogen (secondary N) is 1. The molecular weight excluding hydrogens is 444 g/mol. The van der Waals surface area contributed by atoms with E-state index in [1.165, 1.54) is 11.1 Å². The van der Waals surface area contributed by atoms with Crippen molar-refractivity contribution in [1.82, 2.24) is 10.2 Å². The SMILES string of the molecule is CC(C)C(CC(=O)N(CCC(=O)O)CC1CC1)NC(=O)OCC1c2ccccc2-c2ccccc21. The second-order valence-electron chi connectivity index (χ2n) is 9.95. The number of amides is 2. The van der Waals surface area contributed by atoms with Crippen LogP contribution < -0.4 is 5.32 Å². The molecule has 7 heteroatoms. The van der Waals surface area contributed by atoms with Gasteiger partial charge in [-0.1, -0.05) is 62.4 Å². The first-order chi connectivity index (χ1) is 16.8. The summed E-state index contributed by atoms with van der Waals surface area (Å²) in [6, 6.07) is 15.9. The van der Waals surface area contributed by atoms with Crippen molar-refractivity contribution < 1.29 is 24.2 Å². The van der Waals surface area contributed by atoms with Crippen molar-refractivity contribution in [3.63, 3.8) is 0 Å². The molecule has 7 nitrogen and oxygen atoms in total. The molecule has 0 heterocycles. The number of fused-ring (bicyclic) bond motifs is 3. The van der Waals surface area contributed by atoms with Crippen LogP contribution in [0.15, 0.2) is 48.5 Å². The number of ether oxygens (including phenoxy) is 1. The third-order valence-electron chi connectivity index (χ3n) is 6.97. The molecule has 2 amide bonds. The summed E-state index contributed by atoms with van der Waals surface area (Å²) in [6.07, 6.45) is 1.64. The number of nitrogens with zero attached hydrogens (tertiary/aromatic N) is 1. The fraction of sp³-hybridized carbons (Fsp3) is 0.464. The topological polar surface area (TPSA) is 95.9 Å². The van der Waals surface area contributed by atoms with E-state index in [1.54, 1.807) is 4.90 Å². The summed E-state index contributed by atoms with van der Waals surface area (Å²) < 4.78 is 5.66. The molecule has 2 aromatic carbocycles. The van der Waals surface area contributed by atoms with E-state index in [2.05, 4.69) is 29.6 Å². The summed E-state index contributed by atoms with van der Waals surface area (Å²) in [6.45, 7) is 4.89. The molecule has 1 saturated carbocycles. The van der Waals surface area contributed by atoms with Crippen LogP contribution in [0.3, 0.4) is 0 Å². The van der Waals surface area contributed by atoms with Gasteiger partial charge in [-0.3, -0.25) is 9.59 Å². The Kier molecular flexibility index (Phi) is 7.73. The highest BCUT2D eigenvalue weighted by atomic mass is 16.5. The van der Waals surface area contributed by atoms with Gasteiger partial charge in [0.25, 0.3) is 0 Å². The number of carbonyl (C=O) groups excluding carboxylic acids is 2. The highest BCUT2D eigenvalue weighted by molar-refractivity contribution is 5.80. The van der Waals surface area contributed by atoms with Crippen LogP contribution >= 0.6 is 0 Å². The number of alkyl carbamates (subject to hydrolysis) is 1. The van der Waals surface area contributed by atoms with E-state index in [0.717, 1.165) is 24.0 Å². The van der Waals surface area contributed by atoms with Gasteiger partial charge in [0, 0.05) is 31.5 Å². The zero-order valence-corrected chi connectivity index (χ0v) is 20.4. The Morgan fingerprint density at radius 1 is 1.03 bits per heavy atom. The highest BCUT2D eigenvalue weighted by Gasteiger charge is 2.31. The van der Waals surface area contributed by atoms with Gasteiger partial charge in [-0.2, -0.15) is 0 Å². The van der Waals surface area contributed by atoms with E-state index in [1.807, 2.05) is 38.1 Å². The Bertz CT molecular complexity index is 1030. The lowest BCUT2D eigenvalue weighted by molar-refractivity contribution is -0.138. The maximum Gasteiger partial charge on any atom is 0.407 e. The van der Waals surface area contributed by atoms with Gasteiger partial charge in [0.2, 0.25) is 5.91 Å². The van der Waals surface area contributed by atoms with Crippen LogP contribution in [0, 0.1) is 11.8 Å². The summed E-state index contributed by atoms with van der Waals surface area (Å²) >= 11 is 0. The number of hydrogen-bond acceptors (Lipinski definition) is 4. The lowest BCUT2D eigenvalue weighted by Crippen LogP contribution is -2.44. The van der Waals surface area contributed by atoms with Crippen molar-refractivity contribution in [2.24, 2.45) is 11.8 Å². The van der Waals surface area contributed by atoms with Crippen molar-refractivity contribution >= 4 is 18.0 Å². The largest absolute Gasteiger partial charge is 0.481 e. The number of carbonyl (C=O) groups is 3. The fourth-order valence-electron chi connectivity index (χ4n) is 4.72. The summed E-state index contributed by atoms with van der Waals surface area (Å²) in [5.41, 5.74) is 4.62. The standard InChI is InChI=1S/C28H34N2O5/c1-18(2)25(15-26(31)30(14-13-27(32)33)16-19-11-12-19)29-28(34)35-17-24-22-9-5-3-7-20(22)21-8-4-6-10-23(21)24/h3-10,18-19,24-25H,11-17H2,1-2H3,(H,29,34)(H,32,33). The Morgan fingerprint density at radius 2 is 1.63 bits per heavy atom. The first kappa shape index (κ1) is 24.8. The summed E-state index contributed by atoms with van der Waals surface area (Å²) in [4.78, 5) is 38.4. The van der Waals surface area contributed by atoms with Crippen molar-refractivity contribution in [2.45, 2.75) is 51.5 Å². The minimum Gasteiger partial charge on any atom is -0.481 e. The van der Waals surface area contributed by atoms with E-state index in [0.29, 0.717) is 12.5 Å². The van der Waals surface area contributed by atoms with Crippen LogP contribution in [0.4, 0.5) is 4.79 Å². The van der Waals surface area contributed by atoms with Gasteiger partial charge in [-0.25, -0.2) is 4.79 Å². The van der Waals surface area contributed by atoms with Gasteiger partial charge in [0.15, 0.2) is 0 Å². The van der Waals surface area contributed by atoms with E-state index in [-0.39, 0.29) is 43.7 Å². The molecule has 2 aromatic rings. The van der Waals surface area contributed by atoms with Gasteiger partial charge in [0.1, 0.15) is 6.61 Å². The molecule has 2 aliphatic carbocycles. The zero-order valence-electron chi connectivity index (χ0n) is 20.4. The van der Waals surface area contributed by atoms with Crippen LogP contribution in [0.25, 0.3) is 11.1 Å². The summed E-state index contributed by atoms with van der Waals surface area (Å²) in [5, 5.41) is 11.9. The molecule has 186 valence electrons. The molecule has 0 bridgehead atoms. The molecule has 35 heavy (non-hydrogen) atoms. The molecule has 2 N–H and O–H groups in total. The minimum absolute atomic E-state index is 0.0154. The average molecular weight is 479 g/mol. The zero-order chi connectivity index (χ0) is 24.9. The monoisotopic (exact) mass is 478 g/mol. The molecule has 0 saturated heterocycles. The third kappa shape index (κ3) is 6.21. The number of hydrogen-bond donors (Lipinski definition) is 2. The normalized spacial score (nSPS) is 15.3. The Labute approximate surface area is 206 Å². The van der Waals surface area contributed by atoms with Crippen molar-refractivity contribution in [3.05, 3.63) is 59.7 Å². The maximum atomic E-state index is 13.0. The average Bonchev–Trinajstić information content (AvgIpc) is 3.60. The van der Waals surface area contributed by atoms with Gasteiger partial charge < -0.3 is 20.1 Å². The van der Waals surface area contributed by atoms with E-state index >= 15 is 0 Å². The molecule has 1 fully saturated rings. The van der Waals surface area contributed by atoms with Crippen molar-refractivity contribution in [1.29, 1.82) is 0 Å².